The SMILES string of the molecule is O=c1c2cc(Cl)ccc2n2c(N3CCCCCC3)nnc2n1CCCc1ccccc1. The van der Waals surface area contributed by atoms with Gasteiger partial charge in [-0.2, -0.15) is 0 Å². The normalized spacial score (nSPS) is 14.9. The molecule has 4 aromatic rings. The quantitative estimate of drug-likeness (QED) is 0.455. The molecule has 1 fully saturated rings. The van der Waals surface area contributed by atoms with E-state index >= 15 is 0 Å². The summed E-state index contributed by atoms with van der Waals surface area (Å²) in [7, 11) is 0. The van der Waals surface area contributed by atoms with E-state index in [9.17, 15) is 4.79 Å². The first-order chi connectivity index (χ1) is 15.2. The molecule has 1 aliphatic heterocycles. The highest BCUT2D eigenvalue weighted by atomic mass is 35.5. The van der Waals surface area contributed by atoms with Crippen molar-refractivity contribution in [1.29, 1.82) is 0 Å². The van der Waals surface area contributed by atoms with Crippen molar-refractivity contribution in [3.05, 3.63) is 69.5 Å². The Morgan fingerprint density at radius 3 is 2.48 bits per heavy atom. The molecular weight excluding hydrogens is 410 g/mol. The van der Waals surface area contributed by atoms with Gasteiger partial charge in [0.05, 0.1) is 10.9 Å². The summed E-state index contributed by atoms with van der Waals surface area (Å²) in [4.78, 5) is 15.7. The fourth-order valence-corrected chi connectivity index (χ4v) is 4.70. The van der Waals surface area contributed by atoms with Crippen molar-refractivity contribution in [2.24, 2.45) is 0 Å². The van der Waals surface area contributed by atoms with Crippen molar-refractivity contribution in [3.63, 3.8) is 0 Å². The molecule has 3 heterocycles. The molecular formula is C24H26ClN5O. The number of halogens is 1. The van der Waals surface area contributed by atoms with E-state index in [2.05, 4.69) is 27.2 Å². The Morgan fingerprint density at radius 1 is 0.935 bits per heavy atom. The van der Waals surface area contributed by atoms with Crippen LogP contribution in [0.4, 0.5) is 5.95 Å². The molecule has 7 heteroatoms. The minimum absolute atomic E-state index is 0.0621. The molecule has 0 saturated carbocycles. The van der Waals surface area contributed by atoms with Crippen LogP contribution in [-0.4, -0.2) is 32.3 Å². The second kappa shape index (κ2) is 8.71. The van der Waals surface area contributed by atoms with Gasteiger partial charge in [0.15, 0.2) is 0 Å². The molecule has 0 spiro atoms. The molecule has 6 nitrogen and oxygen atoms in total. The zero-order chi connectivity index (χ0) is 21.2. The van der Waals surface area contributed by atoms with Gasteiger partial charge in [-0.3, -0.25) is 9.36 Å². The average molecular weight is 436 g/mol. The van der Waals surface area contributed by atoms with E-state index in [1.54, 1.807) is 10.6 Å². The molecule has 1 saturated heterocycles. The Bertz CT molecular complexity index is 1260. The number of hydrogen-bond donors (Lipinski definition) is 0. The summed E-state index contributed by atoms with van der Waals surface area (Å²) in [6, 6.07) is 15.8. The summed E-state index contributed by atoms with van der Waals surface area (Å²) >= 11 is 6.26. The Hall–Kier alpha value is -2.86. The Kier molecular flexibility index (Phi) is 5.64. The van der Waals surface area contributed by atoms with E-state index in [-0.39, 0.29) is 5.56 Å². The lowest BCUT2D eigenvalue weighted by Crippen LogP contribution is -2.28. The summed E-state index contributed by atoms with van der Waals surface area (Å²) in [5.41, 5.74) is 2.02. The van der Waals surface area contributed by atoms with E-state index in [0.29, 0.717) is 22.7 Å². The van der Waals surface area contributed by atoms with Crippen LogP contribution in [0.5, 0.6) is 0 Å². The summed E-state index contributed by atoms with van der Waals surface area (Å²) in [6.45, 7) is 2.50. The molecule has 0 atom stereocenters. The molecule has 1 aliphatic rings. The van der Waals surface area contributed by atoms with Crippen LogP contribution >= 0.6 is 11.6 Å². The maximum Gasteiger partial charge on any atom is 0.262 e. The second-order valence-corrected chi connectivity index (χ2v) is 8.68. The highest BCUT2D eigenvalue weighted by molar-refractivity contribution is 6.31. The van der Waals surface area contributed by atoms with Gasteiger partial charge in [-0.25, -0.2) is 4.40 Å². The summed E-state index contributed by atoms with van der Waals surface area (Å²) in [5.74, 6) is 1.42. The van der Waals surface area contributed by atoms with Gasteiger partial charge in [0.25, 0.3) is 5.56 Å². The molecule has 160 valence electrons. The summed E-state index contributed by atoms with van der Waals surface area (Å²) in [6.07, 6.45) is 6.53. The lowest BCUT2D eigenvalue weighted by atomic mass is 10.1. The second-order valence-electron chi connectivity index (χ2n) is 8.24. The predicted molar refractivity (Wildman–Crippen MR) is 125 cm³/mol. The van der Waals surface area contributed by atoms with Crippen LogP contribution in [0.15, 0.2) is 53.3 Å². The Balaban J connectivity index is 1.60. The minimum atomic E-state index is -0.0621. The zero-order valence-corrected chi connectivity index (χ0v) is 18.3. The average Bonchev–Trinajstić information content (AvgIpc) is 3.04. The van der Waals surface area contributed by atoms with Gasteiger partial charge in [-0.1, -0.05) is 54.8 Å². The minimum Gasteiger partial charge on any atom is -0.341 e. The van der Waals surface area contributed by atoms with Crippen molar-refractivity contribution < 1.29 is 0 Å². The molecule has 2 aromatic carbocycles. The smallest absolute Gasteiger partial charge is 0.262 e. The molecule has 0 aliphatic carbocycles. The van der Waals surface area contributed by atoms with Gasteiger partial charge >= 0.3 is 0 Å². The van der Waals surface area contributed by atoms with Gasteiger partial charge < -0.3 is 4.90 Å². The summed E-state index contributed by atoms with van der Waals surface area (Å²) < 4.78 is 3.80. The number of fused-ring (bicyclic) bond motifs is 3. The van der Waals surface area contributed by atoms with E-state index < -0.39 is 0 Å². The third-order valence-electron chi connectivity index (χ3n) is 6.12. The molecule has 31 heavy (non-hydrogen) atoms. The molecule has 2 aromatic heterocycles. The van der Waals surface area contributed by atoms with Crippen LogP contribution < -0.4 is 10.5 Å². The van der Waals surface area contributed by atoms with E-state index in [4.69, 9.17) is 11.6 Å². The number of anilines is 1. The van der Waals surface area contributed by atoms with Crippen molar-refractivity contribution in [1.82, 2.24) is 19.2 Å². The van der Waals surface area contributed by atoms with Crippen LogP contribution in [0.25, 0.3) is 16.7 Å². The Labute approximate surface area is 186 Å². The largest absolute Gasteiger partial charge is 0.341 e. The van der Waals surface area contributed by atoms with E-state index in [1.807, 2.05) is 34.7 Å². The first kappa shape index (κ1) is 20.1. The molecule has 0 radical (unpaired) electrons. The third-order valence-corrected chi connectivity index (χ3v) is 6.36. The van der Waals surface area contributed by atoms with Crippen molar-refractivity contribution >= 4 is 34.2 Å². The van der Waals surface area contributed by atoms with Crippen LogP contribution in [-0.2, 0) is 13.0 Å². The first-order valence-electron chi connectivity index (χ1n) is 11.1. The van der Waals surface area contributed by atoms with Crippen LogP contribution in [0.3, 0.4) is 0 Å². The maximum absolute atomic E-state index is 13.4. The Morgan fingerprint density at radius 2 is 1.71 bits per heavy atom. The monoisotopic (exact) mass is 435 g/mol. The van der Waals surface area contributed by atoms with Gasteiger partial charge in [0, 0.05) is 24.7 Å². The third kappa shape index (κ3) is 3.92. The van der Waals surface area contributed by atoms with Gasteiger partial charge in [0.2, 0.25) is 11.7 Å². The lowest BCUT2D eigenvalue weighted by Gasteiger charge is -2.21. The molecule has 0 N–H and O–H groups in total. The highest BCUT2D eigenvalue weighted by Gasteiger charge is 2.21. The number of hydrogen-bond acceptors (Lipinski definition) is 4. The maximum atomic E-state index is 13.4. The number of aryl methyl sites for hydroxylation is 2. The fourth-order valence-electron chi connectivity index (χ4n) is 4.53. The van der Waals surface area contributed by atoms with Crippen molar-refractivity contribution in [3.8, 4) is 0 Å². The number of rotatable bonds is 5. The number of benzene rings is 2. The van der Waals surface area contributed by atoms with Crippen molar-refractivity contribution in [2.45, 2.75) is 45.1 Å². The van der Waals surface area contributed by atoms with Gasteiger partial charge in [0.1, 0.15) is 0 Å². The van der Waals surface area contributed by atoms with Crippen LogP contribution in [0.2, 0.25) is 5.02 Å². The van der Waals surface area contributed by atoms with E-state index in [1.165, 1.54) is 18.4 Å². The zero-order valence-electron chi connectivity index (χ0n) is 17.5. The number of nitrogens with zero attached hydrogens (tertiary/aromatic N) is 5. The molecule has 0 unspecified atom stereocenters. The molecule has 5 rings (SSSR count). The first-order valence-corrected chi connectivity index (χ1v) is 11.5. The highest BCUT2D eigenvalue weighted by Crippen LogP contribution is 2.24. The molecule has 0 bridgehead atoms. The van der Waals surface area contributed by atoms with Crippen LogP contribution in [0.1, 0.15) is 37.7 Å². The number of aromatic nitrogens is 4. The van der Waals surface area contributed by atoms with Crippen LogP contribution in [0, 0.1) is 0 Å². The van der Waals surface area contributed by atoms with E-state index in [0.717, 1.165) is 50.2 Å². The molecule has 0 amide bonds. The lowest BCUT2D eigenvalue weighted by molar-refractivity contribution is 0.630. The van der Waals surface area contributed by atoms with Gasteiger partial charge in [-0.05, 0) is 49.4 Å². The fraction of sp³-hybridized carbons (Fsp3) is 0.375. The summed E-state index contributed by atoms with van der Waals surface area (Å²) in [5, 5.41) is 10.2. The predicted octanol–water partition coefficient (Wildman–Crippen LogP) is 4.71. The van der Waals surface area contributed by atoms with Gasteiger partial charge in [-0.15, -0.1) is 10.2 Å². The van der Waals surface area contributed by atoms with Crippen molar-refractivity contribution in [2.75, 3.05) is 18.0 Å². The topological polar surface area (TPSA) is 55.4 Å². The standard InChI is InChI=1S/C24H26ClN5O/c25-19-12-13-21-20(17-19)22(31)29(16-8-11-18-9-4-3-5-10-18)24-27-26-23(30(21)24)28-14-6-1-2-7-15-28/h3-5,9-10,12-13,17H,1-2,6-8,11,14-16H2.